The normalized spacial score (nSPS) is 12.9. The summed E-state index contributed by atoms with van der Waals surface area (Å²) in [6.45, 7) is 2.25. The maximum Gasteiger partial charge on any atom is 0.296 e. The van der Waals surface area contributed by atoms with E-state index in [9.17, 15) is 8.42 Å². The zero-order valence-electron chi connectivity index (χ0n) is 21.9. The summed E-state index contributed by atoms with van der Waals surface area (Å²) in [4.78, 5) is 9.18. The number of nitrogens with zero attached hydrogens (tertiary/aromatic N) is 5. The first-order valence-electron chi connectivity index (χ1n) is 13.1. The molecule has 2 aromatic heterocycles. The fraction of sp³-hybridized carbons (Fsp3) is 0.241. The summed E-state index contributed by atoms with van der Waals surface area (Å²) in [7, 11) is -3.77. The van der Waals surface area contributed by atoms with Gasteiger partial charge in [-0.1, -0.05) is 29.0 Å². The zero-order valence-corrected chi connectivity index (χ0v) is 22.8. The van der Waals surface area contributed by atoms with Crippen LogP contribution in [0.3, 0.4) is 0 Å². The third-order valence-electron chi connectivity index (χ3n) is 6.74. The largest absolute Gasteiger partial charge is 0.494 e. The van der Waals surface area contributed by atoms with Gasteiger partial charge in [0.2, 0.25) is 5.95 Å². The van der Waals surface area contributed by atoms with Gasteiger partial charge >= 0.3 is 0 Å². The summed E-state index contributed by atoms with van der Waals surface area (Å²) in [6, 6.07) is 20.3. The lowest BCUT2D eigenvalue weighted by molar-refractivity contribution is 0.250. The number of aromatic nitrogens is 5. The standard InChI is InChI=1S/C29H28N6O4S/c1-20-6-14-26(15-7-20)40(36,37)39-17-3-16-38-25-12-9-23(10-13-25)31-29-30-19-27-28(32-29)35(34-33-27)24-11-8-21-4-2-5-22(21)18-24/h6-15,18-19H,2-5,16-17H2,1H3,(H,30,31,32). The molecule has 1 aliphatic carbocycles. The molecule has 10 nitrogen and oxygen atoms in total. The van der Waals surface area contributed by atoms with Gasteiger partial charge in [-0.2, -0.15) is 18.1 Å². The van der Waals surface area contributed by atoms with Crippen molar-refractivity contribution >= 4 is 32.9 Å². The molecule has 6 rings (SSSR count). The molecule has 0 bridgehead atoms. The van der Waals surface area contributed by atoms with Gasteiger partial charge in [-0.15, -0.1) is 5.10 Å². The number of nitrogens with one attached hydrogen (secondary N) is 1. The lowest BCUT2D eigenvalue weighted by atomic mass is 10.1. The van der Waals surface area contributed by atoms with Crippen LogP contribution in [0.25, 0.3) is 16.9 Å². The molecule has 3 aromatic carbocycles. The molecule has 1 aliphatic rings. The van der Waals surface area contributed by atoms with Gasteiger partial charge in [0, 0.05) is 12.1 Å². The highest BCUT2D eigenvalue weighted by atomic mass is 32.2. The van der Waals surface area contributed by atoms with E-state index >= 15 is 0 Å². The Bertz CT molecular complexity index is 1750. The Hall–Kier alpha value is -4.35. The van der Waals surface area contributed by atoms with Gasteiger partial charge in [0.25, 0.3) is 10.1 Å². The highest BCUT2D eigenvalue weighted by Crippen LogP contribution is 2.26. The van der Waals surface area contributed by atoms with Crippen molar-refractivity contribution in [3.05, 3.63) is 89.6 Å². The van der Waals surface area contributed by atoms with Gasteiger partial charge < -0.3 is 10.1 Å². The van der Waals surface area contributed by atoms with E-state index in [1.165, 1.54) is 17.5 Å². The number of rotatable bonds is 10. The van der Waals surface area contributed by atoms with Crippen molar-refractivity contribution in [2.45, 2.75) is 37.5 Å². The van der Waals surface area contributed by atoms with E-state index in [1.54, 1.807) is 35.1 Å². The van der Waals surface area contributed by atoms with Crippen LogP contribution in [0.1, 0.15) is 29.5 Å². The SMILES string of the molecule is Cc1ccc(S(=O)(=O)OCCCOc2ccc(Nc3ncc4nnn(-c5ccc6c(c5)CCC6)c4n3)cc2)cc1. The second-order valence-electron chi connectivity index (χ2n) is 9.65. The maximum absolute atomic E-state index is 12.3. The topological polar surface area (TPSA) is 121 Å². The molecular formula is C29H28N6O4S. The Labute approximate surface area is 232 Å². The Morgan fingerprint density at radius 3 is 2.58 bits per heavy atom. The van der Waals surface area contributed by atoms with Gasteiger partial charge in [0.05, 0.1) is 30.0 Å². The van der Waals surface area contributed by atoms with Crippen LogP contribution < -0.4 is 10.1 Å². The summed E-state index contributed by atoms with van der Waals surface area (Å²) < 4.78 is 37.1. The molecule has 0 aliphatic heterocycles. The number of ether oxygens (including phenoxy) is 1. The first-order chi connectivity index (χ1) is 19.4. The summed E-state index contributed by atoms with van der Waals surface area (Å²) in [5, 5.41) is 11.7. The quantitative estimate of drug-likeness (QED) is 0.189. The monoisotopic (exact) mass is 556 g/mol. The molecule has 0 fully saturated rings. The second-order valence-corrected chi connectivity index (χ2v) is 11.3. The smallest absolute Gasteiger partial charge is 0.296 e. The first kappa shape index (κ1) is 25.9. The lowest BCUT2D eigenvalue weighted by Crippen LogP contribution is -2.10. The average molecular weight is 557 g/mol. The van der Waals surface area contributed by atoms with E-state index in [-0.39, 0.29) is 11.5 Å². The fourth-order valence-corrected chi connectivity index (χ4v) is 5.55. The molecule has 0 amide bonds. The number of benzene rings is 3. The van der Waals surface area contributed by atoms with Gasteiger partial charge in [-0.05, 0) is 85.8 Å². The Kier molecular flexibility index (Phi) is 7.14. The van der Waals surface area contributed by atoms with Crippen molar-refractivity contribution < 1.29 is 17.3 Å². The van der Waals surface area contributed by atoms with Crippen LogP contribution in [-0.4, -0.2) is 46.6 Å². The van der Waals surface area contributed by atoms with Crippen molar-refractivity contribution in [1.29, 1.82) is 0 Å². The molecular weight excluding hydrogens is 528 g/mol. The first-order valence-corrected chi connectivity index (χ1v) is 14.5. The van der Waals surface area contributed by atoms with Crippen molar-refractivity contribution in [2.75, 3.05) is 18.5 Å². The molecule has 40 heavy (non-hydrogen) atoms. The molecule has 0 saturated carbocycles. The highest BCUT2D eigenvalue weighted by Gasteiger charge is 2.16. The minimum Gasteiger partial charge on any atom is -0.494 e. The second kappa shape index (κ2) is 11.0. The summed E-state index contributed by atoms with van der Waals surface area (Å²) >= 11 is 0. The Morgan fingerprint density at radius 2 is 1.75 bits per heavy atom. The van der Waals surface area contributed by atoms with E-state index in [2.05, 4.69) is 43.8 Å². The van der Waals surface area contributed by atoms with Crippen molar-refractivity contribution in [3.63, 3.8) is 0 Å². The number of hydrogen-bond donors (Lipinski definition) is 1. The van der Waals surface area contributed by atoms with Gasteiger partial charge in [-0.3, -0.25) is 4.18 Å². The van der Waals surface area contributed by atoms with Crippen LogP contribution in [-0.2, 0) is 27.1 Å². The van der Waals surface area contributed by atoms with Crippen LogP contribution in [0, 0.1) is 6.92 Å². The van der Waals surface area contributed by atoms with Crippen molar-refractivity contribution in [2.24, 2.45) is 0 Å². The molecule has 0 atom stereocenters. The van der Waals surface area contributed by atoms with E-state index < -0.39 is 10.1 Å². The van der Waals surface area contributed by atoms with Crippen LogP contribution in [0.15, 0.2) is 77.8 Å². The number of fused-ring (bicyclic) bond motifs is 2. The Morgan fingerprint density at radius 1 is 0.950 bits per heavy atom. The van der Waals surface area contributed by atoms with E-state index in [4.69, 9.17) is 8.92 Å². The average Bonchev–Trinajstić information content (AvgIpc) is 3.60. The molecule has 2 heterocycles. The minimum absolute atomic E-state index is 0.0343. The van der Waals surface area contributed by atoms with Crippen molar-refractivity contribution in [1.82, 2.24) is 25.0 Å². The van der Waals surface area contributed by atoms with Gasteiger partial charge in [0.1, 0.15) is 5.75 Å². The van der Waals surface area contributed by atoms with Gasteiger partial charge in [0.15, 0.2) is 11.2 Å². The van der Waals surface area contributed by atoms with E-state index in [0.717, 1.165) is 29.8 Å². The predicted octanol–water partition coefficient (Wildman–Crippen LogP) is 4.93. The molecule has 5 aromatic rings. The number of aryl methyl sites for hydroxylation is 3. The van der Waals surface area contributed by atoms with Crippen LogP contribution >= 0.6 is 0 Å². The fourth-order valence-electron chi connectivity index (χ4n) is 4.61. The van der Waals surface area contributed by atoms with E-state index in [1.807, 2.05) is 31.2 Å². The number of anilines is 2. The number of hydrogen-bond acceptors (Lipinski definition) is 9. The predicted molar refractivity (Wildman–Crippen MR) is 151 cm³/mol. The van der Waals surface area contributed by atoms with E-state index in [0.29, 0.717) is 35.9 Å². The molecule has 204 valence electrons. The minimum atomic E-state index is -3.77. The third-order valence-corrected chi connectivity index (χ3v) is 8.06. The molecule has 1 N–H and O–H groups in total. The van der Waals surface area contributed by atoms with Crippen LogP contribution in [0.5, 0.6) is 5.75 Å². The molecule has 0 unspecified atom stereocenters. The molecule has 0 radical (unpaired) electrons. The Balaban J connectivity index is 1.04. The molecule has 0 saturated heterocycles. The molecule has 11 heteroatoms. The van der Waals surface area contributed by atoms with Crippen molar-refractivity contribution in [3.8, 4) is 11.4 Å². The summed E-state index contributed by atoms with van der Waals surface area (Å²) in [5.74, 6) is 1.08. The highest BCUT2D eigenvalue weighted by molar-refractivity contribution is 7.86. The van der Waals surface area contributed by atoms with Gasteiger partial charge in [-0.25, -0.2) is 4.98 Å². The zero-order chi connectivity index (χ0) is 27.5. The van der Waals surface area contributed by atoms with Crippen LogP contribution in [0.2, 0.25) is 0 Å². The summed E-state index contributed by atoms with van der Waals surface area (Å²) in [5.41, 5.74) is 6.71. The lowest BCUT2D eigenvalue weighted by Gasteiger charge is -2.09. The summed E-state index contributed by atoms with van der Waals surface area (Å²) in [6.07, 6.45) is 5.47. The van der Waals surface area contributed by atoms with Crippen LogP contribution in [0.4, 0.5) is 11.6 Å². The molecule has 0 spiro atoms. The maximum atomic E-state index is 12.3. The third kappa shape index (κ3) is 5.65.